The number of halogens is 2. The van der Waals surface area contributed by atoms with Crippen LogP contribution in [0.1, 0.15) is 15.9 Å². The third-order valence-electron chi connectivity index (χ3n) is 4.76. The van der Waals surface area contributed by atoms with Gasteiger partial charge in [-0.25, -0.2) is 9.97 Å². The summed E-state index contributed by atoms with van der Waals surface area (Å²) in [5.41, 5.74) is 1.14. The largest absolute Gasteiger partial charge is 0.378 e. The molecule has 1 aromatic carbocycles. The fraction of sp³-hybridized carbons (Fsp3) is 0.227. The van der Waals surface area contributed by atoms with Crippen molar-refractivity contribution < 1.29 is 9.53 Å². The number of carbonyl (C=O) groups excluding carboxylic acids is 1. The second-order valence-electron chi connectivity index (χ2n) is 6.85. The minimum Gasteiger partial charge on any atom is -0.378 e. The van der Waals surface area contributed by atoms with Gasteiger partial charge in [0.25, 0.3) is 0 Å². The fourth-order valence-electron chi connectivity index (χ4n) is 3.28. The first-order chi connectivity index (χ1) is 14.6. The molecule has 1 N–H and O–H groups in total. The van der Waals surface area contributed by atoms with Gasteiger partial charge in [-0.1, -0.05) is 35.3 Å². The Balaban J connectivity index is 1.48. The molecule has 0 unspecified atom stereocenters. The molecular weight excluding hydrogens is 423 g/mol. The zero-order valence-electron chi connectivity index (χ0n) is 16.1. The van der Waals surface area contributed by atoms with Gasteiger partial charge in [-0.05, 0) is 42.0 Å². The average Bonchev–Trinajstić information content (AvgIpc) is 2.75. The molecule has 1 aliphatic rings. The fourth-order valence-corrected chi connectivity index (χ4v) is 3.89. The van der Waals surface area contributed by atoms with E-state index in [4.69, 9.17) is 27.9 Å². The van der Waals surface area contributed by atoms with E-state index in [2.05, 4.69) is 20.2 Å². The van der Waals surface area contributed by atoms with Crippen molar-refractivity contribution in [3.63, 3.8) is 0 Å². The zero-order valence-corrected chi connectivity index (χ0v) is 17.7. The molecule has 0 atom stereocenters. The van der Waals surface area contributed by atoms with E-state index < -0.39 is 0 Å². The van der Waals surface area contributed by atoms with Gasteiger partial charge < -0.3 is 15.0 Å². The van der Waals surface area contributed by atoms with Crippen molar-refractivity contribution in [2.75, 3.05) is 36.5 Å². The zero-order chi connectivity index (χ0) is 20.9. The number of ketones is 1. The van der Waals surface area contributed by atoms with Crippen LogP contribution in [0.15, 0.2) is 54.7 Å². The van der Waals surface area contributed by atoms with E-state index in [9.17, 15) is 4.79 Å². The first-order valence-corrected chi connectivity index (χ1v) is 10.3. The summed E-state index contributed by atoms with van der Waals surface area (Å²) >= 11 is 12.3. The Kier molecular flexibility index (Phi) is 6.47. The molecule has 2 aromatic heterocycles. The maximum absolute atomic E-state index is 12.7. The lowest BCUT2D eigenvalue weighted by Gasteiger charge is -2.28. The Labute approximate surface area is 184 Å². The highest BCUT2D eigenvalue weighted by molar-refractivity contribution is 6.39. The highest BCUT2D eigenvalue weighted by atomic mass is 35.5. The highest BCUT2D eigenvalue weighted by Crippen LogP contribution is 2.26. The Morgan fingerprint density at radius 3 is 2.53 bits per heavy atom. The van der Waals surface area contributed by atoms with Crippen molar-refractivity contribution in [1.29, 1.82) is 0 Å². The number of Topliss-reactive ketones (excluding diaryl/α,β-unsaturated/α-hetero) is 1. The number of pyridine rings is 2. The maximum atomic E-state index is 12.7. The van der Waals surface area contributed by atoms with Gasteiger partial charge in [-0.3, -0.25) is 4.79 Å². The first-order valence-electron chi connectivity index (χ1n) is 9.59. The lowest BCUT2D eigenvalue weighted by Crippen LogP contribution is -2.36. The van der Waals surface area contributed by atoms with Gasteiger partial charge >= 0.3 is 0 Å². The van der Waals surface area contributed by atoms with E-state index in [-0.39, 0.29) is 12.2 Å². The normalized spacial score (nSPS) is 13.9. The number of anilines is 3. The minimum absolute atomic E-state index is 0.143. The molecule has 0 saturated carbocycles. The van der Waals surface area contributed by atoms with Crippen LogP contribution in [-0.4, -0.2) is 42.1 Å². The number of morpholine rings is 1. The topological polar surface area (TPSA) is 67.4 Å². The molecule has 30 heavy (non-hydrogen) atoms. The monoisotopic (exact) mass is 442 g/mol. The van der Waals surface area contributed by atoms with Crippen LogP contribution in [0.25, 0.3) is 0 Å². The molecule has 154 valence electrons. The van der Waals surface area contributed by atoms with E-state index >= 15 is 0 Å². The van der Waals surface area contributed by atoms with E-state index in [1.54, 1.807) is 30.5 Å². The summed E-state index contributed by atoms with van der Waals surface area (Å²) in [5.74, 6) is 2.04. The summed E-state index contributed by atoms with van der Waals surface area (Å²) in [7, 11) is 0. The molecule has 0 amide bonds. The lowest BCUT2D eigenvalue weighted by atomic mass is 10.0. The standard InChI is InChI=1S/C22H20Cl2N4O2/c23-16-3-1-4-17(24)22(16)18(29)13-15-7-8-25-20(14-15)26-19-5-2-6-21(27-19)28-9-11-30-12-10-28/h1-8,14H,9-13H2,(H,25,26,27). The van der Waals surface area contributed by atoms with Crippen molar-refractivity contribution in [2.45, 2.75) is 6.42 Å². The number of hydrogen-bond acceptors (Lipinski definition) is 6. The molecule has 3 aromatic rings. The first kappa shape index (κ1) is 20.6. The minimum atomic E-state index is -0.143. The number of carbonyl (C=O) groups is 1. The highest BCUT2D eigenvalue weighted by Gasteiger charge is 2.16. The quantitative estimate of drug-likeness (QED) is 0.553. The molecule has 3 heterocycles. The van der Waals surface area contributed by atoms with Crippen molar-refractivity contribution >= 4 is 46.4 Å². The third-order valence-corrected chi connectivity index (χ3v) is 5.39. The molecule has 0 bridgehead atoms. The second kappa shape index (κ2) is 9.43. The Hall–Kier alpha value is -2.67. The van der Waals surface area contributed by atoms with E-state index in [0.717, 1.165) is 24.5 Å². The van der Waals surface area contributed by atoms with Crippen LogP contribution in [0.5, 0.6) is 0 Å². The number of ether oxygens (including phenoxy) is 1. The molecule has 0 aliphatic carbocycles. The summed E-state index contributed by atoms with van der Waals surface area (Å²) in [5, 5.41) is 3.92. The van der Waals surface area contributed by atoms with Crippen LogP contribution in [0.4, 0.5) is 17.5 Å². The Morgan fingerprint density at radius 1 is 1.03 bits per heavy atom. The summed E-state index contributed by atoms with van der Waals surface area (Å²) in [6.07, 6.45) is 1.83. The number of nitrogens with one attached hydrogen (secondary N) is 1. The molecular formula is C22H20Cl2N4O2. The van der Waals surface area contributed by atoms with Gasteiger partial charge in [0, 0.05) is 25.7 Å². The van der Waals surface area contributed by atoms with Gasteiger partial charge in [0.15, 0.2) is 5.78 Å². The number of hydrogen-bond donors (Lipinski definition) is 1. The van der Waals surface area contributed by atoms with Crippen LogP contribution in [-0.2, 0) is 11.2 Å². The number of aromatic nitrogens is 2. The van der Waals surface area contributed by atoms with Gasteiger partial charge in [0.05, 0.1) is 28.8 Å². The van der Waals surface area contributed by atoms with E-state index in [1.165, 1.54) is 0 Å². The van der Waals surface area contributed by atoms with Crippen molar-refractivity contribution in [3.05, 3.63) is 75.9 Å². The van der Waals surface area contributed by atoms with Crippen molar-refractivity contribution in [3.8, 4) is 0 Å². The Morgan fingerprint density at radius 2 is 1.77 bits per heavy atom. The van der Waals surface area contributed by atoms with Crippen molar-refractivity contribution in [1.82, 2.24) is 9.97 Å². The molecule has 4 rings (SSSR count). The SMILES string of the molecule is O=C(Cc1ccnc(Nc2cccc(N3CCOCC3)n2)c1)c1c(Cl)cccc1Cl. The third kappa shape index (κ3) is 4.90. The summed E-state index contributed by atoms with van der Waals surface area (Å²) in [6.45, 7) is 3.03. The van der Waals surface area contributed by atoms with Gasteiger partial charge in [0.1, 0.15) is 17.5 Å². The van der Waals surface area contributed by atoms with Crippen LogP contribution in [0, 0.1) is 0 Å². The second-order valence-corrected chi connectivity index (χ2v) is 7.67. The molecule has 0 radical (unpaired) electrons. The van der Waals surface area contributed by atoms with Crippen LogP contribution >= 0.6 is 23.2 Å². The van der Waals surface area contributed by atoms with Gasteiger partial charge in [0.2, 0.25) is 0 Å². The van der Waals surface area contributed by atoms with Crippen molar-refractivity contribution in [2.24, 2.45) is 0 Å². The molecule has 8 heteroatoms. The number of rotatable bonds is 6. The number of nitrogens with zero attached hydrogens (tertiary/aromatic N) is 3. The average molecular weight is 443 g/mol. The van der Waals surface area contributed by atoms with Crippen LogP contribution in [0.3, 0.4) is 0 Å². The summed E-state index contributed by atoms with van der Waals surface area (Å²) in [4.78, 5) is 23.9. The summed E-state index contributed by atoms with van der Waals surface area (Å²) in [6, 6.07) is 14.5. The molecule has 1 fully saturated rings. The molecule has 0 spiro atoms. The predicted octanol–water partition coefficient (Wildman–Crippen LogP) is 4.79. The smallest absolute Gasteiger partial charge is 0.170 e. The lowest BCUT2D eigenvalue weighted by molar-refractivity contribution is 0.0993. The summed E-state index contributed by atoms with van der Waals surface area (Å²) < 4.78 is 5.40. The predicted molar refractivity (Wildman–Crippen MR) is 119 cm³/mol. The maximum Gasteiger partial charge on any atom is 0.170 e. The number of benzene rings is 1. The molecule has 1 aliphatic heterocycles. The van der Waals surface area contributed by atoms with Gasteiger partial charge in [-0.15, -0.1) is 0 Å². The molecule has 1 saturated heterocycles. The van der Waals surface area contributed by atoms with Crippen LogP contribution < -0.4 is 10.2 Å². The molecule has 6 nitrogen and oxygen atoms in total. The van der Waals surface area contributed by atoms with Gasteiger partial charge in [-0.2, -0.15) is 0 Å². The van der Waals surface area contributed by atoms with E-state index in [0.29, 0.717) is 40.5 Å². The Bertz CT molecular complexity index is 1030. The van der Waals surface area contributed by atoms with E-state index in [1.807, 2.05) is 24.3 Å². The van der Waals surface area contributed by atoms with Crippen LogP contribution in [0.2, 0.25) is 10.0 Å².